The molecule has 1 fully saturated rings. The molecule has 2 rings (SSSR count). The second kappa shape index (κ2) is 5.21. The lowest BCUT2D eigenvalue weighted by Crippen LogP contribution is -2.26. The van der Waals surface area contributed by atoms with Crippen molar-refractivity contribution < 1.29 is 17.1 Å². The number of carbonyl (C=O) groups excluding carboxylic acids is 1. The highest BCUT2D eigenvalue weighted by Crippen LogP contribution is 2.30. The summed E-state index contributed by atoms with van der Waals surface area (Å²) in [4.78, 5) is 13.3. The Bertz CT molecular complexity index is 694. The lowest BCUT2D eigenvalue weighted by Gasteiger charge is -2.18. The summed E-state index contributed by atoms with van der Waals surface area (Å²) in [5.74, 6) is -1.53. The third-order valence-corrected chi connectivity index (χ3v) is 4.16. The molecule has 1 heterocycles. The average molecular weight is 296 g/mol. The third kappa shape index (κ3) is 2.96. The highest BCUT2D eigenvalue weighted by atomic mass is 32.3. The zero-order chi connectivity index (χ0) is 14.9. The maximum absolute atomic E-state index is 12.7. The minimum atomic E-state index is -4.60. The van der Waals surface area contributed by atoms with Crippen LogP contribution in [0.15, 0.2) is 18.2 Å². The number of nitrogens with zero attached hydrogens (tertiary/aromatic N) is 2. The van der Waals surface area contributed by atoms with Crippen LogP contribution in [0.1, 0.15) is 17.5 Å². The monoisotopic (exact) mass is 296 g/mol. The number of anilines is 1. The molecule has 1 saturated heterocycles. The zero-order valence-corrected chi connectivity index (χ0v) is 11.7. The van der Waals surface area contributed by atoms with Crippen LogP contribution in [0.25, 0.3) is 0 Å². The van der Waals surface area contributed by atoms with E-state index in [1.54, 1.807) is 25.1 Å². The molecule has 1 unspecified atom stereocenters. The van der Waals surface area contributed by atoms with Gasteiger partial charge in [0.05, 0.1) is 17.0 Å². The molecule has 20 heavy (non-hydrogen) atoms. The maximum atomic E-state index is 12.7. The summed E-state index contributed by atoms with van der Waals surface area (Å²) in [6.45, 7) is 1.87. The van der Waals surface area contributed by atoms with E-state index in [0.29, 0.717) is 11.3 Å². The van der Waals surface area contributed by atoms with Gasteiger partial charge in [0.25, 0.3) is 0 Å². The maximum Gasteiger partial charge on any atom is 0.302 e. The standard InChI is InChI=1S/C13H13FN2O3S/c1-9-3-2-4-12(11(9)6-15)16-7-10(5-13(16)17)8-20(14,18)19/h2-4,10H,5,7-8H2,1H3. The number of hydrogen-bond donors (Lipinski definition) is 0. The summed E-state index contributed by atoms with van der Waals surface area (Å²) in [6, 6.07) is 7.15. The van der Waals surface area contributed by atoms with E-state index in [0.717, 1.165) is 5.56 Å². The SMILES string of the molecule is Cc1cccc(N2CC(CS(=O)(=O)F)CC2=O)c1C#N. The van der Waals surface area contributed by atoms with Crippen molar-refractivity contribution in [1.82, 2.24) is 0 Å². The van der Waals surface area contributed by atoms with Gasteiger partial charge in [-0.1, -0.05) is 12.1 Å². The molecule has 0 saturated carbocycles. The molecule has 1 amide bonds. The smallest absolute Gasteiger partial charge is 0.302 e. The van der Waals surface area contributed by atoms with Crippen molar-refractivity contribution in [3.05, 3.63) is 29.3 Å². The number of hydrogen-bond acceptors (Lipinski definition) is 4. The zero-order valence-electron chi connectivity index (χ0n) is 10.8. The molecule has 1 aromatic rings. The number of aryl methyl sites for hydroxylation is 1. The van der Waals surface area contributed by atoms with Crippen LogP contribution in [0, 0.1) is 24.2 Å². The van der Waals surface area contributed by atoms with Crippen molar-refractivity contribution in [3.63, 3.8) is 0 Å². The van der Waals surface area contributed by atoms with Crippen molar-refractivity contribution in [2.24, 2.45) is 5.92 Å². The molecule has 106 valence electrons. The topological polar surface area (TPSA) is 78.2 Å². The van der Waals surface area contributed by atoms with Crippen LogP contribution in [-0.4, -0.2) is 26.6 Å². The summed E-state index contributed by atoms with van der Waals surface area (Å²) in [6.07, 6.45) is -0.0258. The molecule has 0 aliphatic carbocycles. The second-order valence-electron chi connectivity index (χ2n) is 4.86. The number of amides is 1. The number of carbonyl (C=O) groups is 1. The average Bonchev–Trinajstić information content (AvgIpc) is 2.67. The van der Waals surface area contributed by atoms with E-state index in [4.69, 9.17) is 5.26 Å². The molecule has 1 aliphatic heterocycles. The first-order valence-electron chi connectivity index (χ1n) is 6.04. The Morgan fingerprint density at radius 1 is 1.50 bits per heavy atom. The number of halogens is 1. The van der Waals surface area contributed by atoms with Gasteiger partial charge in [-0.25, -0.2) is 0 Å². The molecule has 1 aliphatic rings. The van der Waals surface area contributed by atoms with Crippen molar-refractivity contribution in [2.45, 2.75) is 13.3 Å². The lowest BCUT2D eigenvalue weighted by molar-refractivity contribution is -0.117. The van der Waals surface area contributed by atoms with E-state index in [1.807, 2.05) is 6.07 Å². The fraction of sp³-hybridized carbons (Fsp3) is 0.385. The molecule has 0 bridgehead atoms. The Balaban J connectivity index is 2.30. The summed E-state index contributed by atoms with van der Waals surface area (Å²) >= 11 is 0. The first kappa shape index (κ1) is 14.5. The van der Waals surface area contributed by atoms with Gasteiger partial charge in [0, 0.05) is 18.9 Å². The molecule has 7 heteroatoms. The van der Waals surface area contributed by atoms with Crippen LogP contribution < -0.4 is 4.90 Å². The molecule has 0 N–H and O–H groups in total. The van der Waals surface area contributed by atoms with Crippen molar-refractivity contribution in [3.8, 4) is 6.07 Å². The summed E-state index contributed by atoms with van der Waals surface area (Å²) in [7, 11) is -4.60. The van der Waals surface area contributed by atoms with Gasteiger partial charge in [-0.2, -0.15) is 13.7 Å². The normalized spacial score (nSPS) is 19.1. The van der Waals surface area contributed by atoms with E-state index in [2.05, 4.69) is 0 Å². The van der Waals surface area contributed by atoms with Crippen LogP contribution in [-0.2, 0) is 15.0 Å². The van der Waals surface area contributed by atoms with Gasteiger partial charge < -0.3 is 4.90 Å². The fourth-order valence-electron chi connectivity index (χ4n) is 2.43. The Hall–Kier alpha value is -1.94. The van der Waals surface area contributed by atoms with Gasteiger partial charge in [-0.15, -0.1) is 3.89 Å². The fourth-order valence-corrected chi connectivity index (χ4v) is 3.22. The lowest BCUT2D eigenvalue weighted by atomic mass is 10.1. The van der Waals surface area contributed by atoms with Crippen LogP contribution >= 0.6 is 0 Å². The van der Waals surface area contributed by atoms with Gasteiger partial charge in [0.1, 0.15) is 6.07 Å². The van der Waals surface area contributed by atoms with E-state index in [9.17, 15) is 17.1 Å². The summed E-state index contributed by atoms with van der Waals surface area (Å²) in [5.41, 5.74) is 1.57. The quantitative estimate of drug-likeness (QED) is 0.792. The van der Waals surface area contributed by atoms with Crippen LogP contribution in [0.2, 0.25) is 0 Å². The predicted molar refractivity (Wildman–Crippen MR) is 71.2 cm³/mol. The van der Waals surface area contributed by atoms with Crippen molar-refractivity contribution in [2.75, 3.05) is 17.2 Å². The highest BCUT2D eigenvalue weighted by molar-refractivity contribution is 7.86. The molecule has 0 spiro atoms. The molecule has 1 atom stereocenters. The minimum Gasteiger partial charge on any atom is -0.311 e. The Morgan fingerprint density at radius 2 is 2.20 bits per heavy atom. The molecule has 0 aromatic heterocycles. The number of benzene rings is 1. The molecule has 5 nitrogen and oxygen atoms in total. The number of rotatable bonds is 3. The van der Waals surface area contributed by atoms with Gasteiger partial charge in [-0.3, -0.25) is 4.79 Å². The molecule has 1 aromatic carbocycles. The van der Waals surface area contributed by atoms with E-state index in [-0.39, 0.29) is 18.9 Å². The van der Waals surface area contributed by atoms with Gasteiger partial charge in [-0.05, 0) is 18.6 Å². The number of nitriles is 1. The summed E-state index contributed by atoms with van der Waals surface area (Å²) in [5, 5.41) is 9.15. The van der Waals surface area contributed by atoms with E-state index >= 15 is 0 Å². The van der Waals surface area contributed by atoms with Crippen LogP contribution in [0.5, 0.6) is 0 Å². The third-order valence-electron chi connectivity index (χ3n) is 3.29. The Morgan fingerprint density at radius 3 is 2.80 bits per heavy atom. The minimum absolute atomic E-state index is 0.0258. The molecule has 0 radical (unpaired) electrons. The molecular weight excluding hydrogens is 283 g/mol. The predicted octanol–water partition coefficient (Wildman–Crippen LogP) is 1.52. The summed E-state index contributed by atoms with van der Waals surface area (Å²) < 4.78 is 34.0. The van der Waals surface area contributed by atoms with E-state index < -0.39 is 21.9 Å². The largest absolute Gasteiger partial charge is 0.311 e. The van der Waals surface area contributed by atoms with Gasteiger partial charge >= 0.3 is 10.2 Å². The van der Waals surface area contributed by atoms with Crippen molar-refractivity contribution >= 4 is 21.8 Å². The van der Waals surface area contributed by atoms with Gasteiger partial charge in [0.15, 0.2) is 0 Å². The molecular formula is C13H13FN2O3S. The Labute approximate surface area is 116 Å². The van der Waals surface area contributed by atoms with Crippen LogP contribution in [0.3, 0.4) is 0 Å². The first-order chi connectivity index (χ1) is 9.31. The highest BCUT2D eigenvalue weighted by Gasteiger charge is 2.34. The van der Waals surface area contributed by atoms with Gasteiger partial charge in [0.2, 0.25) is 5.91 Å². The van der Waals surface area contributed by atoms with Crippen molar-refractivity contribution in [1.29, 1.82) is 5.26 Å². The Kier molecular flexibility index (Phi) is 3.77. The van der Waals surface area contributed by atoms with Crippen LogP contribution in [0.4, 0.5) is 9.57 Å². The first-order valence-corrected chi connectivity index (χ1v) is 7.59. The van der Waals surface area contributed by atoms with E-state index in [1.165, 1.54) is 4.90 Å². The second-order valence-corrected chi connectivity index (χ2v) is 6.27.